The fourth-order valence-electron chi connectivity index (χ4n) is 3.56. The van der Waals surface area contributed by atoms with Gasteiger partial charge in [0.15, 0.2) is 11.5 Å². The summed E-state index contributed by atoms with van der Waals surface area (Å²) in [5.74, 6) is 0.369. The van der Waals surface area contributed by atoms with Crippen molar-refractivity contribution in [3.05, 3.63) is 113 Å². The molecule has 3 aromatic carbocycles. The van der Waals surface area contributed by atoms with E-state index in [1.807, 2.05) is 30.3 Å². The summed E-state index contributed by atoms with van der Waals surface area (Å²) >= 11 is 3.50. The van der Waals surface area contributed by atoms with E-state index in [1.165, 1.54) is 37.9 Å². The average molecular weight is 610 g/mol. The van der Waals surface area contributed by atoms with E-state index in [4.69, 9.17) is 9.47 Å². The van der Waals surface area contributed by atoms with Gasteiger partial charge in [-0.15, -0.1) is 0 Å². The van der Waals surface area contributed by atoms with Gasteiger partial charge in [-0.3, -0.25) is 14.1 Å². The summed E-state index contributed by atoms with van der Waals surface area (Å²) in [7, 11) is -2.50. The minimum Gasteiger partial charge on any atom is -0.493 e. The number of aromatic nitrogens is 1. The second-order valence-electron chi connectivity index (χ2n) is 8.14. The average Bonchev–Trinajstić information content (AvgIpc) is 2.96. The van der Waals surface area contributed by atoms with Crippen molar-refractivity contribution in [2.75, 3.05) is 18.0 Å². The molecule has 1 N–H and O–H groups in total. The molecule has 9 nitrogen and oxygen atoms in total. The molecular weight excluding hydrogens is 584 g/mol. The van der Waals surface area contributed by atoms with Gasteiger partial charge in [-0.1, -0.05) is 48.5 Å². The fourth-order valence-corrected chi connectivity index (χ4v) is 5.57. The van der Waals surface area contributed by atoms with E-state index in [0.717, 1.165) is 9.87 Å². The first-order valence-corrected chi connectivity index (χ1v) is 14.0. The van der Waals surface area contributed by atoms with E-state index >= 15 is 0 Å². The van der Waals surface area contributed by atoms with Crippen LogP contribution in [0.5, 0.6) is 11.5 Å². The molecule has 0 fully saturated rings. The van der Waals surface area contributed by atoms with Crippen LogP contribution in [0.3, 0.4) is 0 Å². The summed E-state index contributed by atoms with van der Waals surface area (Å²) in [5.41, 5.74) is 4.27. The predicted octanol–water partition coefficient (Wildman–Crippen LogP) is 4.78. The number of methoxy groups -OCH3 is 1. The lowest BCUT2D eigenvalue weighted by molar-refractivity contribution is -0.119. The standard InChI is InChI=1S/C28H25BrN4O5S/c1-37-26-16-22(15-25(29)28(26)38-20-21-9-4-2-5-10-21)17-31-32-27(34)19-33(23-11-8-14-30-18-23)39(35,36)24-12-6-3-7-13-24/h2-18H,19-20H2,1H3,(H,32,34)/b31-17-. The molecular formula is C28H25BrN4O5S. The number of amides is 1. The lowest BCUT2D eigenvalue weighted by atomic mass is 10.2. The number of carbonyl (C=O) groups is 1. The molecule has 1 aromatic heterocycles. The van der Waals surface area contributed by atoms with E-state index in [1.54, 1.807) is 42.5 Å². The number of ether oxygens (including phenoxy) is 2. The molecule has 39 heavy (non-hydrogen) atoms. The number of benzene rings is 3. The third-order valence-electron chi connectivity index (χ3n) is 5.43. The van der Waals surface area contributed by atoms with Gasteiger partial charge in [-0.25, -0.2) is 13.8 Å². The van der Waals surface area contributed by atoms with Crippen molar-refractivity contribution in [3.8, 4) is 11.5 Å². The number of hydrogen-bond acceptors (Lipinski definition) is 7. The van der Waals surface area contributed by atoms with Crippen molar-refractivity contribution in [3.63, 3.8) is 0 Å². The van der Waals surface area contributed by atoms with Crippen molar-refractivity contribution in [2.45, 2.75) is 11.5 Å². The highest BCUT2D eigenvalue weighted by Crippen LogP contribution is 2.36. The van der Waals surface area contributed by atoms with Gasteiger partial charge in [0, 0.05) is 6.20 Å². The van der Waals surface area contributed by atoms with Gasteiger partial charge in [-0.2, -0.15) is 5.10 Å². The van der Waals surface area contributed by atoms with Gasteiger partial charge < -0.3 is 9.47 Å². The number of sulfonamides is 1. The number of nitrogens with one attached hydrogen (secondary N) is 1. The minimum absolute atomic E-state index is 0.0525. The van der Waals surface area contributed by atoms with Crippen LogP contribution < -0.4 is 19.2 Å². The second-order valence-corrected chi connectivity index (χ2v) is 10.9. The summed E-state index contributed by atoms with van der Waals surface area (Å²) < 4.78 is 39.6. The molecule has 4 rings (SSSR count). The fraction of sp³-hybridized carbons (Fsp3) is 0.107. The van der Waals surface area contributed by atoms with Crippen LogP contribution in [0.1, 0.15) is 11.1 Å². The SMILES string of the molecule is COc1cc(/C=N\NC(=O)CN(c2cccnc2)S(=O)(=O)c2ccccc2)cc(Br)c1OCc1ccccc1. The first-order valence-electron chi connectivity index (χ1n) is 11.7. The first-order chi connectivity index (χ1) is 18.9. The summed E-state index contributed by atoms with van der Waals surface area (Å²) in [4.78, 5) is 16.8. The molecule has 4 aromatic rings. The zero-order chi connectivity index (χ0) is 27.7. The maximum Gasteiger partial charge on any atom is 0.264 e. The number of rotatable bonds is 11. The molecule has 1 heterocycles. The molecule has 200 valence electrons. The Balaban J connectivity index is 1.46. The van der Waals surface area contributed by atoms with Crippen LogP contribution in [0.2, 0.25) is 0 Å². The summed E-state index contributed by atoms with van der Waals surface area (Å²) in [6.07, 6.45) is 4.32. The van der Waals surface area contributed by atoms with Crippen LogP contribution in [-0.4, -0.2) is 39.2 Å². The van der Waals surface area contributed by atoms with Crippen LogP contribution in [-0.2, 0) is 21.4 Å². The van der Waals surface area contributed by atoms with Crippen LogP contribution in [0.15, 0.2) is 112 Å². The molecule has 0 aliphatic rings. The highest BCUT2D eigenvalue weighted by molar-refractivity contribution is 9.10. The third-order valence-corrected chi connectivity index (χ3v) is 7.81. The van der Waals surface area contributed by atoms with E-state index in [2.05, 4.69) is 31.4 Å². The molecule has 0 aliphatic carbocycles. The zero-order valence-corrected chi connectivity index (χ0v) is 23.3. The van der Waals surface area contributed by atoms with E-state index in [-0.39, 0.29) is 10.6 Å². The van der Waals surface area contributed by atoms with Crippen molar-refractivity contribution in [2.24, 2.45) is 5.10 Å². The monoisotopic (exact) mass is 608 g/mol. The number of pyridine rings is 1. The maximum absolute atomic E-state index is 13.3. The molecule has 11 heteroatoms. The van der Waals surface area contributed by atoms with E-state index < -0.39 is 22.5 Å². The Morgan fingerprint density at radius 2 is 1.77 bits per heavy atom. The number of hydrazone groups is 1. The van der Waals surface area contributed by atoms with Gasteiger partial charge >= 0.3 is 0 Å². The van der Waals surface area contributed by atoms with Gasteiger partial charge in [-0.05, 0) is 63.5 Å². The normalized spacial score (nSPS) is 11.2. The molecule has 0 radical (unpaired) electrons. The lowest BCUT2D eigenvalue weighted by Gasteiger charge is -2.23. The van der Waals surface area contributed by atoms with Crippen LogP contribution in [0, 0.1) is 0 Å². The Hall–Kier alpha value is -4.22. The summed E-state index contributed by atoms with van der Waals surface area (Å²) in [6, 6.07) is 24.2. The number of nitrogens with zero attached hydrogens (tertiary/aromatic N) is 3. The van der Waals surface area contributed by atoms with Gasteiger partial charge in [0.2, 0.25) is 0 Å². The molecule has 0 aliphatic heterocycles. The molecule has 0 atom stereocenters. The molecule has 0 saturated carbocycles. The Labute approximate surface area is 235 Å². The molecule has 1 amide bonds. The Morgan fingerprint density at radius 3 is 2.44 bits per heavy atom. The van der Waals surface area contributed by atoms with Crippen molar-refractivity contribution < 1.29 is 22.7 Å². The van der Waals surface area contributed by atoms with Gasteiger partial charge in [0.1, 0.15) is 13.2 Å². The van der Waals surface area contributed by atoms with Gasteiger partial charge in [0.25, 0.3) is 15.9 Å². The van der Waals surface area contributed by atoms with Crippen LogP contribution in [0.4, 0.5) is 5.69 Å². The molecule has 0 unspecified atom stereocenters. The quantitative estimate of drug-likeness (QED) is 0.194. The van der Waals surface area contributed by atoms with Gasteiger partial charge in [0.05, 0.1) is 34.6 Å². The number of halogens is 1. The molecule has 0 spiro atoms. The number of hydrogen-bond donors (Lipinski definition) is 1. The highest BCUT2D eigenvalue weighted by Gasteiger charge is 2.27. The van der Waals surface area contributed by atoms with Crippen LogP contribution in [0.25, 0.3) is 0 Å². The smallest absolute Gasteiger partial charge is 0.264 e. The number of anilines is 1. The second kappa shape index (κ2) is 13.0. The van der Waals surface area contributed by atoms with Crippen LogP contribution >= 0.6 is 15.9 Å². The number of carbonyl (C=O) groups excluding carboxylic acids is 1. The Morgan fingerprint density at radius 1 is 1.05 bits per heavy atom. The first kappa shape index (κ1) is 27.8. The van der Waals surface area contributed by atoms with E-state index in [0.29, 0.717) is 28.1 Å². The summed E-state index contributed by atoms with van der Waals surface area (Å²) in [5, 5.41) is 4.00. The Kier molecular flexibility index (Phi) is 9.29. The lowest BCUT2D eigenvalue weighted by Crippen LogP contribution is -2.39. The highest BCUT2D eigenvalue weighted by atomic mass is 79.9. The third kappa shape index (κ3) is 7.21. The van der Waals surface area contributed by atoms with E-state index in [9.17, 15) is 13.2 Å². The van der Waals surface area contributed by atoms with Crippen molar-refractivity contribution in [1.29, 1.82) is 0 Å². The summed E-state index contributed by atoms with van der Waals surface area (Å²) in [6.45, 7) is -0.141. The Bertz CT molecular complexity index is 1540. The molecule has 0 saturated heterocycles. The predicted molar refractivity (Wildman–Crippen MR) is 152 cm³/mol. The van der Waals surface area contributed by atoms with Crippen molar-refractivity contribution in [1.82, 2.24) is 10.4 Å². The zero-order valence-electron chi connectivity index (χ0n) is 20.9. The topological polar surface area (TPSA) is 110 Å². The largest absolute Gasteiger partial charge is 0.493 e. The minimum atomic E-state index is -4.03. The van der Waals surface area contributed by atoms with Crippen molar-refractivity contribution >= 4 is 43.8 Å². The molecule has 0 bridgehead atoms. The maximum atomic E-state index is 13.3.